The summed E-state index contributed by atoms with van der Waals surface area (Å²) < 4.78 is 7.75. The predicted octanol–water partition coefficient (Wildman–Crippen LogP) is 3.94. The normalized spacial score (nSPS) is 10.5. The Kier molecular flexibility index (Phi) is 6.28. The number of carbonyl (C=O) groups is 1. The average molecular weight is 370 g/mol. The Labute approximate surface area is 157 Å². The van der Waals surface area contributed by atoms with Gasteiger partial charge in [-0.15, -0.1) is 0 Å². The molecule has 2 aromatic carbocycles. The number of hydrogen-bond acceptors (Lipinski definition) is 3. The highest BCUT2D eigenvalue weighted by Crippen LogP contribution is 2.19. The molecule has 0 atom stereocenters. The lowest BCUT2D eigenvalue weighted by molar-refractivity contribution is 0.0952. The maximum atomic E-state index is 12.3. The van der Waals surface area contributed by atoms with E-state index < -0.39 is 0 Å². The van der Waals surface area contributed by atoms with E-state index in [9.17, 15) is 4.79 Å². The number of rotatable bonds is 8. The number of nitrogens with zero attached hydrogens (tertiary/aromatic N) is 2. The summed E-state index contributed by atoms with van der Waals surface area (Å²) >= 11 is 6.13. The zero-order valence-corrected chi connectivity index (χ0v) is 15.0. The van der Waals surface area contributed by atoms with Crippen molar-refractivity contribution in [2.75, 3.05) is 6.54 Å². The van der Waals surface area contributed by atoms with Crippen molar-refractivity contribution in [2.45, 2.75) is 19.6 Å². The van der Waals surface area contributed by atoms with Gasteiger partial charge in [-0.25, -0.2) is 4.98 Å². The van der Waals surface area contributed by atoms with E-state index in [0.717, 1.165) is 18.5 Å². The molecule has 3 aromatic rings. The van der Waals surface area contributed by atoms with E-state index in [2.05, 4.69) is 10.3 Å². The minimum absolute atomic E-state index is 0.112. The van der Waals surface area contributed by atoms with Gasteiger partial charge in [-0.1, -0.05) is 35.9 Å². The van der Waals surface area contributed by atoms with E-state index in [4.69, 9.17) is 16.3 Å². The van der Waals surface area contributed by atoms with Gasteiger partial charge < -0.3 is 14.6 Å². The van der Waals surface area contributed by atoms with Crippen molar-refractivity contribution in [3.63, 3.8) is 0 Å². The van der Waals surface area contributed by atoms with Crippen molar-refractivity contribution in [1.82, 2.24) is 14.9 Å². The molecule has 1 amide bonds. The van der Waals surface area contributed by atoms with Gasteiger partial charge in [-0.2, -0.15) is 0 Å². The number of imidazole rings is 1. The number of nitrogens with one attached hydrogen (secondary N) is 1. The maximum Gasteiger partial charge on any atom is 0.251 e. The summed E-state index contributed by atoms with van der Waals surface area (Å²) in [5.74, 6) is 0.523. The highest BCUT2D eigenvalue weighted by atomic mass is 35.5. The highest BCUT2D eigenvalue weighted by molar-refractivity contribution is 6.31. The van der Waals surface area contributed by atoms with Gasteiger partial charge in [0.15, 0.2) is 0 Å². The Morgan fingerprint density at radius 3 is 2.88 bits per heavy atom. The van der Waals surface area contributed by atoms with Gasteiger partial charge in [0.05, 0.1) is 6.33 Å². The van der Waals surface area contributed by atoms with Crippen LogP contribution < -0.4 is 10.1 Å². The smallest absolute Gasteiger partial charge is 0.251 e. The summed E-state index contributed by atoms with van der Waals surface area (Å²) in [6.07, 6.45) is 6.25. The van der Waals surface area contributed by atoms with E-state index in [1.807, 2.05) is 47.2 Å². The second-order valence-corrected chi connectivity index (χ2v) is 6.23. The molecule has 0 fully saturated rings. The molecule has 0 bridgehead atoms. The van der Waals surface area contributed by atoms with Crippen LogP contribution in [0.5, 0.6) is 5.75 Å². The molecular weight excluding hydrogens is 350 g/mol. The van der Waals surface area contributed by atoms with Gasteiger partial charge in [0.25, 0.3) is 5.91 Å². The van der Waals surface area contributed by atoms with Gasteiger partial charge in [-0.3, -0.25) is 4.79 Å². The van der Waals surface area contributed by atoms with E-state index >= 15 is 0 Å². The zero-order chi connectivity index (χ0) is 18.2. The Morgan fingerprint density at radius 1 is 1.19 bits per heavy atom. The fourth-order valence-corrected chi connectivity index (χ4v) is 2.68. The number of aromatic nitrogens is 2. The first kappa shape index (κ1) is 18.0. The number of ether oxygens (including phenoxy) is 1. The molecule has 0 saturated heterocycles. The Morgan fingerprint density at radius 2 is 2.08 bits per heavy atom. The van der Waals surface area contributed by atoms with Crippen molar-refractivity contribution in [3.05, 3.63) is 83.4 Å². The van der Waals surface area contributed by atoms with Crippen LogP contribution >= 0.6 is 11.6 Å². The number of hydrogen-bond donors (Lipinski definition) is 1. The van der Waals surface area contributed by atoms with Crippen LogP contribution in [0, 0.1) is 0 Å². The summed E-state index contributed by atoms with van der Waals surface area (Å²) in [6, 6.07) is 14.7. The van der Waals surface area contributed by atoms with Crippen LogP contribution in [0.2, 0.25) is 5.02 Å². The summed E-state index contributed by atoms with van der Waals surface area (Å²) in [4.78, 5) is 16.3. The van der Waals surface area contributed by atoms with Gasteiger partial charge in [-0.05, 0) is 30.7 Å². The SMILES string of the molecule is O=C(NCCCn1ccnc1)c1cccc(OCc2ccccc2Cl)c1. The van der Waals surface area contributed by atoms with Crippen LogP contribution in [0.15, 0.2) is 67.3 Å². The molecule has 0 spiro atoms. The molecule has 134 valence electrons. The van der Waals surface area contributed by atoms with Gasteiger partial charge in [0.2, 0.25) is 0 Å². The summed E-state index contributed by atoms with van der Waals surface area (Å²) in [7, 11) is 0. The molecule has 1 heterocycles. The van der Waals surface area contributed by atoms with Gasteiger partial charge in [0.1, 0.15) is 12.4 Å². The average Bonchev–Trinajstić information content (AvgIpc) is 3.18. The number of carbonyl (C=O) groups excluding carboxylic acids is 1. The molecule has 0 unspecified atom stereocenters. The fourth-order valence-electron chi connectivity index (χ4n) is 2.49. The fraction of sp³-hybridized carbons (Fsp3) is 0.200. The number of benzene rings is 2. The number of amides is 1. The molecule has 26 heavy (non-hydrogen) atoms. The largest absolute Gasteiger partial charge is 0.489 e. The Bertz CT molecular complexity index is 850. The molecule has 0 aliphatic rings. The minimum Gasteiger partial charge on any atom is -0.489 e. The second-order valence-electron chi connectivity index (χ2n) is 5.82. The second kappa shape index (κ2) is 9.06. The molecule has 0 saturated carbocycles. The standard InChI is InChI=1S/C20H20ClN3O2/c21-19-8-2-1-5-17(19)14-26-18-7-3-6-16(13-18)20(25)23-9-4-11-24-12-10-22-15-24/h1-3,5-8,10,12-13,15H,4,9,11,14H2,(H,23,25). The van der Waals surface area contributed by atoms with Gasteiger partial charge in [0, 0.05) is 41.6 Å². The van der Waals surface area contributed by atoms with E-state index in [0.29, 0.717) is 29.5 Å². The predicted molar refractivity (Wildman–Crippen MR) is 101 cm³/mol. The summed E-state index contributed by atoms with van der Waals surface area (Å²) in [6.45, 7) is 1.78. The van der Waals surface area contributed by atoms with Crippen LogP contribution in [0.4, 0.5) is 0 Å². The monoisotopic (exact) mass is 369 g/mol. The lowest BCUT2D eigenvalue weighted by Gasteiger charge is -2.10. The van der Waals surface area contributed by atoms with Crippen molar-refractivity contribution < 1.29 is 9.53 Å². The first-order chi connectivity index (χ1) is 12.7. The van der Waals surface area contributed by atoms with Crippen LogP contribution in [-0.4, -0.2) is 22.0 Å². The highest BCUT2D eigenvalue weighted by Gasteiger charge is 2.07. The van der Waals surface area contributed by atoms with Crippen molar-refractivity contribution in [3.8, 4) is 5.75 Å². The Balaban J connectivity index is 1.49. The molecule has 0 aliphatic heterocycles. The number of halogens is 1. The number of aryl methyl sites for hydroxylation is 1. The van der Waals surface area contributed by atoms with E-state index in [-0.39, 0.29) is 5.91 Å². The third-order valence-electron chi connectivity index (χ3n) is 3.89. The van der Waals surface area contributed by atoms with Crippen molar-refractivity contribution in [1.29, 1.82) is 0 Å². The molecule has 6 heteroatoms. The van der Waals surface area contributed by atoms with Crippen molar-refractivity contribution >= 4 is 17.5 Å². The molecule has 3 rings (SSSR count). The molecule has 5 nitrogen and oxygen atoms in total. The van der Waals surface area contributed by atoms with Crippen LogP contribution in [-0.2, 0) is 13.2 Å². The third kappa shape index (κ3) is 5.10. The molecule has 1 N–H and O–H groups in total. The van der Waals surface area contributed by atoms with Gasteiger partial charge >= 0.3 is 0 Å². The summed E-state index contributed by atoms with van der Waals surface area (Å²) in [5, 5.41) is 3.59. The van der Waals surface area contributed by atoms with Crippen LogP contribution in [0.1, 0.15) is 22.3 Å². The van der Waals surface area contributed by atoms with E-state index in [1.165, 1.54) is 0 Å². The lowest BCUT2D eigenvalue weighted by atomic mass is 10.2. The van der Waals surface area contributed by atoms with E-state index in [1.54, 1.807) is 24.7 Å². The first-order valence-electron chi connectivity index (χ1n) is 8.42. The summed E-state index contributed by atoms with van der Waals surface area (Å²) in [5.41, 5.74) is 1.48. The molecular formula is C20H20ClN3O2. The first-order valence-corrected chi connectivity index (χ1v) is 8.80. The maximum absolute atomic E-state index is 12.3. The minimum atomic E-state index is -0.112. The molecule has 0 aliphatic carbocycles. The van der Waals surface area contributed by atoms with Crippen LogP contribution in [0.25, 0.3) is 0 Å². The molecule has 1 aromatic heterocycles. The van der Waals surface area contributed by atoms with Crippen LogP contribution in [0.3, 0.4) is 0 Å². The topological polar surface area (TPSA) is 56.2 Å². The third-order valence-corrected chi connectivity index (χ3v) is 4.25. The quantitative estimate of drug-likeness (QED) is 0.612. The Hall–Kier alpha value is -2.79. The molecule has 0 radical (unpaired) electrons. The lowest BCUT2D eigenvalue weighted by Crippen LogP contribution is -2.25. The zero-order valence-electron chi connectivity index (χ0n) is 14.3. The van der Waals surface area contributed by atoms with Crippen molar-refractivity contribution in [2.24, 2.45) is 0 Å².